The summed E-state index contributed by atoms with van der Waals surface area (Å²) in [6.07, 6.45) is 0.901. The predicted octanol–water partition coefficient (Wildman–Crippen LogP) is 3.91. The van der Waals surface area contributed by atoms with Gasteiger partial charge in [0.05, 0.1) is 17.1 Å². The van der Waals surface area contributed by atoms with Crippen LogP contribution in [0.25, 0.3) is 0 Å². The summed E-state index contributed by atoms with van der Waals surface area (Å²) in [5.74, 6) is 1.23. The number of nitrogens with one attached hydrogen (secondary N) is 1. The first-order valence-electron chi connectivity index (χ1n) is 6.73. The zero-order valence-corrected chi connectivity index (χ0v) is 12.0. The summed E-state index contributed by atoms with van der Waals surface area (Å²) in [6.45, 7) is 4.67. The fraction of sp³-hybridized carbons (Fsp3) is 0.267. The predicted molar refractivity (Wildman–Crippen MR) is 80.9 cm³/mol. The molecule has 1 N–H and O–H groups in total. The van der Waals surface area contributed by atoms with Gasteiger partial charge in [-0.1, -0.05) is 24.6 Å². The van der Waals surface area contributed by atoms with Gasteiger partial charge in [0, 0.05) is 6.54 Å². The van der Waals surface area contributed by atoms with Crippen LogP contribution in [-0.2, 0) is 0 Å². The molecule has 6 nitrogen and oxygen atoms in total. The molecule has 0 aliphatic carbocycles. The smallest absolute Gasteiger partial charge is 0.278 e. The van der Waals surface area contributed by atoms with E-state index in [-0.39, 0.29) is 11.6 Å². The standard InChI is InChI=1S/C15H17N3O3/c1-3-8-16-14-9-12(18(19)20)10-15(17-14)21-13-6-4-11(2)5-7-13/h4-7,9-10H,3,8H2,1-2H3,(H,16,17). The Morgan fingerprint density at radius 3 is 2.62 bits per heavy atom. The van der Waals surface area contributed by atoms with Crippen LogP contribution < -0.4 is 10.1 Å². The van der Waals surface area contributed by atoms with E-state index in [1.807, 2.05) is 26.0 Å². The molecule has 1 aromatic heterocycles. The quantitative estimate of drug-likeness (QED) is 0.643. The maximum Gasteiger partial charge on any atom is 0.278 e. The highest BCUT2D eigenvalue weighted by Gasteiger charge is 2.12. The summed E-state index contributed by atoms with van der Waals surface area (Å²) in [4.78, 5) is 14.7. The van der Waals surface area contributed by atoms with Gasteiger partial charge in [-0.15, -0.1) is 0 Å². The first-order valence-corrected chi connectivity index (χ1v) is 6.73. The molecule has 0 spiro atoms. The minimum atomic E-state index is -0.458. The Hall–Kier alpha value is -2.63. The number of aryl methyl sites for hydroxylation is 1. The van der Waals surface area contributed by atoms with Gasteiger partial charge >= 0.3 is 0 Å². The van der Waals surface area contributed by atoms with E-state index >= 15 is 0 Å². The average Bonchev–Trinajstić information content (AvgIpc) is 2.47. The van der Waals surface area contributed by atoms with Crippen LogP contribution in [0.4, 0.5) is 11.5 Å². The molecule has 0 atom stereocenters. The third-order valence-corrected chi connectivity index (χ3v) is 2.80. The Balaban J connectivity index is 2.26. The summed E-state index contributed by atoms with van der Waals surface area (Å²) < 4.78 is 5.59. The van der Waals surface area contributed by atoms with Crippen LogP contribution in [0.3, 0.4) is 0 Å². The lowest BCUT2D eigenvalue weighted by molar-refractivity contribution is -0.384. The van der Waals surface area contributed by atoms with Crippen LogP contribution in [0.2, 0.25) is 0 Å². The number of aromatic nitrogens is 1. The van der Waals surface area contributed by atoms with Crippen LogP contribution >= 0.6 is 0 Å². The number of ether oxygens (including phenoxy) is 1. The van der Waals surface area contributed by atoms with Crippen LogP contribution in [0.15, 0.2) is 36.4 Å². The molecule has 0 bridgehead atoms. The third kappa shape index (κ3) is 4.17. The van der Waals surface area contributed by atoms with Crippen LogP contribution in [0.1, 0.15) is 18.9 Å². The minimum Gasteiger partial charge on any atom is -0.439 e. The largest absolute Gasteiger partial charge is 0.439 e. The lowest BCUT2D eigenvalue weighted by atomic mass is 10.2. The fourth-order valence-electron chi connectivity index (χ4n) is 1.72. The minimum absolute atomic E-state index is 0.0503. The van der Waals surface area contributed by atoms with E-state index in [9.17, 15) is 10.1 Å². The zero-order valence-electron chi connectivity index (χ0n) is 12.0. The molecule has 0 saturated heterocycles. The highest BCUT2D eigenvalue weighted by atomic mass is 16.6. The van der Waals surface area contributed by atoms with Crippen molar-refractivity contribution < 1.29 is 9.66 Å². The molecular weight excluding hydrogens is 270 g/mol. The Morgan fingerprint density at radius 2 is 2.00 bits per heavy atom. The molecule has 0 radical (unpaired) electrons. The second-order valence-corrected chi connectivity index (χ2v) is 4.65. The molecule has 0 fully saturated rings. The zero-order chi connectivity index (χ0) is 15.2. The van der Waals surface area contributed by atoms with Gasteiger partial charge in [-0.2, -0.15) is 4.98 Å². The summed E-state index contributed by atoms with van der Waals surface area (Å²) >= 11 is 0. The van der Waals surface area contributed by atoms with E-state index in [1.165, 1.54) is 12.1 Å². The van der Waals surface area contributed by atoms with Crippen LogP contribution in [-0.4, -0.2) is 16.5 Å². The monoisotopic (exact) mass is 287 g/mol. The molecule has 2 rings (SSSR count). The van der Waals surface area contributed by atoms with Crippen molar-refractivity contribution in [3.05, 3.63) is 52.1 Å². The first-order chi connectivity index (χ1) is 10.1. The average molecular weight is 287 g/mol. The third-order valence-electron chi connectivity index (χ3n) is 2.80. The van der Waals surface area contributed by atoms with Crippen molar-refractivity contribution in [2.45, 2.75) is 20.3 Å². The van der Waals surface area contributed by atoms with Gasteiger partial charge < -0.3 is 10.1 Å². The van der Waals surface area contributed by atoms with Crippen LogP contribution in [0, 0.1) is 17.0 Å². The van der Waals surface area contributed by atoms with Crippen molar-refractivity contribution in [1.29, 1.82) is 0 Å². The van der Waals surface area contributed by atoms with E-state index in [0.29, 0.717) is 18.1 Å². The lowest BCUT2D eigenvalue weighted by Gasteiger charge is -2.08. The van der Waals surface area contributed by atoms with Crippen molar-refractivity contribution in [3.8, 4) is 11.6 Å². The number of rotatable bonds is 6. The highest BCUT2D eigenvalue weighted by Crippen LogP contribution is 2.26. The van der Waals surface area contributed by atoms with Crippen molar-refractivity contribution in [1.82, 2.24) is 4.98 Å². The molecule has 1 heterocycles. The summed E-state index contributed by atoms with van der Waals surface area (Å²) in [5.41, 5.74) is 1.06. The number of benzene rings is 1. The van der Waals surface area contributed by atoms with E-state index in [4.69, 9.17) is 4.74 Å². The molecule has 1 aromatic carbocycles. The van der Waals surface area contributed by atoms with Crippen molar-refractivity contribution in [3.63, 3.8) is 0 Å². The number of hydrogen-bond donors (Lipinski definition) is 1. The Bertz CT molecular complexity index is 627. The summed E-state index contributed by atoms with van der Waals surface area (Å²) in [7, 11) is 0. The van der Waals surface area contributed by atoms with E-state index in [2.05, 4.69) is 10.3 Å². The van der Waals surface area contributed by atoms with E-state index < -0.39 is 4.92 Å². The second-order valence-electron chi connectivity index (χ2n) is 4.65. The molecule has 0 aliphatic rings. The van der Waals surface area contributed by atoms with Gasteiger partial charge in [-0.25, -0.2) is 0 Å². The molecule has 21 heavy (non-hydrogen) atoms. The molecule has 0 saturated carbocycles. The number of nitrogens with zero attached hydrogens (tertiary/aromatic N) is 2. The summed E-state index contributed by atoms with van der Waals surface area (Å²) in [6, 6.07) is 10.1. The molecule has 0 unspecified atom stereocenters. The highest BCUT2D eigenvalue weighted by molar-refractivity contribution is 5.49. The Labute approximate surface area is 122 Å². The van der Waals surface area contributed by atoms with Crippen LogP contribution in [0.5, 0.6) is 11.6 Å². The molecule has 6 heteroatoms. The molecule has 0 amide bonds. The second kappa shape index (κ2) is 6.69. The van der Waals surface area contributed by atoms with Gasteiger partial charge in [0.2, 0.25) is 5.88 Å². The maximum atomic E-state index is 11.0. The normalized spacial score (nSPS) is 10.2. The lowest BCUT2D eigenvalue weighted by Crippen LogP contribution is -2.03. The fourth-order valence-corrected chi connectivity index (χ4v) is 1.72. The van der Waals surface area contributed by atoms with Gasteiger partial charge in [0.1, 0.15) is 11.6 Å². The van der Waals surface area contributed by atoms with Gasteiger partial charge in [0.15, 0.2) is 0 Å². The van der Waals surface area contributed by atoms with Gasteiger partial charge in [0.25, 0.3) is 5.69 Å². The molecule has 2 aromatic rings. The van der Waals surface area contributed by atoms with Crippen molar-refractivity contribution >= 4 is 11.5 Å². The van der Waals surface area contributed by atoms with Gasteiger partial charge in [-0.3, -0.25) is 10.1 Å². The van der Waals surface area contributed by atoms with E-state index in [1.54, 1.807) is 12.1 Å². The Kier molecular flexibility index (Phi) is 4.71. The number of anilines is 1. The number of hydrogen-bond acceptors (Lipinski definition) is 5. The topological polar surface area (TPSA) is 77.3 Å². The van der Waals surface area contributed by atoms with Crippen molar-refractivity contribution in [2.24, 2.45) is 0 Å². The Morgan fingerprint density at radius 1 is 1.29 bits per heavy atom. The molecular formula is C15H17N3O3. The molecule has 0 aliphatic heterocycles. The number of pyridine rings is 1. The molecule has 110 valence electrons. The van der Waals surface area contributed by atoms with E-state index in [0.717, 1.165) is 12.0 Å². The maximum absolute atomic E-state index is 11.0. The SMILES string of the molecule is CCCNc1cc([N+](=O)[O-])cc(Oc2ccc(C)cc2)n1. The summed E-state index contributed by atoms with van der Waals surface area (Å²) in [5, 5.41) is 14.0. The number of nitro groups is 1. The van der Waals surface area contributed by atoms with Crippen molar-refractivity contribution in [2.75, 3.05) is 11.9 Å². The van der Waals surface area contributed by atoms with Gasteiger partial charge in [-0.05, 0) is 25.5 Å². The first kappa shape index (κ1) is 14.8.